The molecular weight excluding hydrogens is 496 g/mol. The fourth-order valence-electron chi connectivity index (χ4n) is 4.68. The molecule has 4 rings (SSSR count). The number of hydrogen-bond donors (Lipinski definition) is 0. The van der Waals surface area contributed by atoms with Crippen molar-refractivity contribution in [3.8, 4) is 22.8 Å². The average molecular weight is 526 g/mol. The third kappa shape index (κ3) is 4.95. The van der Waals surface area contributed by atoms with Gasteiger partial charge in [-0.25, -0.2) is 13.6 Å². The summed E-state index contributed by atoms with van der Waals surface area (Å²) < 4.78 is 51.4. The van der Waals surface area contributed by atoms with E-state index in [4.69, 9.17) is 30.5 Å². The number of carbonyl (C=O) groups excluding carboxylic acids is 1. The number of methoxy groups -OCH3 is 1. The fourth-order valence-corrected chi connectivity index (χ4v) is 4.90. The minimum atomic E-state index is -2.88. The van der Waals surface area contributed by atoms with Crippen LogP contribution in [-0.2, 0) is 9.47 Å². The van der Waals surface area contributed by atoms with Crippen molar-refractivity contribution in [2.24, 2.45) is 5.92 Å². The number of halogens is 3. The van der Waals surface area contributed by atoms with E-state index in [1.807, 2.05) is 13.8 Å². The van der Waals surface area contributed by atoms with Gasteiger partial charge < -0.3 is 23.5 Å². The molecule has 0 saturated heterocycles. The first-order valence-electron chi connectivity index (χ1n) is 12.0. The Kier molecular flexibility index (Phi) is 7.61. The monoisotopic (exact) mass is 525 g/mol. The summed E-state index contributed by atoms with van der Waals surface area (Å²) in [5, 5.41) is 0.288. The lowest BCUT2D eigenvalue weighted by Crippen LogP contribution is -2.44. The highest BCUT2D eigenvalue weighted by Gasteiger charge is 2.48. The summed E-state index contributed by atoms with van der Waals surface area (Å²) in [6.45, 7) is 6.49. The first-order valence-corrected chi connectivity index (χ1v) is 12.4. The largest absolute Gasteiger partial charge is 0.492 e. The van der Waals surface area contributed by atoms with E-state index in [2.05, 4.69) is 0 Å². The summed E-state index contributed by atoms with van der Waals surface area (Å²) in [5.74, 6) is -2.90. The van der Waals surface area contributed by atoms with Crippen LogP contribution in [0.3, 0.4) is 0 Å². The molecular formula is C26H30ClF2NO6. The number of alkyl halides is 2. The molecule has 196 valence electrons. The Hall–Kier alpha value is -2.65. The quantitative estimate of drug-likeness (QED) is 0.303. The van der Waals surface area contributed by atoms with Crippen LogP contribution in [0, 0.1) is 5.92 Å². The van der Waals surface area contributed by atoms with Gasteiger partial charge in [0.05, 0.1) is 23.9 Å². The summed E-state index contributed by atoms with van der Waals surface area (Å²) in [6, 6.07) is 3.97. The zero-order valence-electron chi connectivity index (χ0n) is 20.7. The van der Waals surface area contributed by atoms with E-state index >= 15 is 0 Å². The second-order valence-electron chi connectivity index (χ2n) is 9.43. The van der Waals surface area contributed by atoms with Crippen molar-refractivity contribution in [2.45, 2.75) is 58.1 Å². The molecule has 0 bridgehead atoms. The van der Waals surface area contributed by atoms with Crippen LogP contribution in [0.2, 0.25) is 5.02 Å². The normalized spacial score (nSPS) is 18.2. The maximum absolute atomic E-state index is 13.9. The van der Waals surface area contributed by atoms with Gasteiger partial charge in [0.25, 0.3) is 11.5 Å². The minimum absolute atomic E-state index is 0.0671. The number of carbonyl (C=O) groups is 1. The number of pyridine rings is 1. The topological polar surface area (TPSA) is 76.0 Å². The Balaban J connectivity index is 1.90. The third-order valence-electron chi connectivity index (χ3n) is 6.40. The number of aromatic nitrogens is 1. The van der Waals surface area contributed by atoms with Crippen LogP contribution in [0.15, 0.2) is 23.0 Å². The summed E-state index contributed by atoms with van der Waals surface area (Å²) in [4.78, 5) is 26.2. The number of fused-ring (bicyclic) bond motifs is 3. The molecule has 0 spiro atoms. The molecule has 2 aliphatic rings. The predicted molar refractivity (Wildman–Crippen MR) is 131 cm³/mol. The number of benzene rings is 1. The Bertz CT molecular complexity index is 1200. The zero-order chi connectivity index (χ0) is 26.2. The van der Waals surface area contributed by atoms with E-state index in [0.717, 1.165) is 0 Å². The molecule has 2 aromatic rings. The van der Waals surface area contributed by atoms with Crippen molar-refractivity contribution in [3.63, 3.8) is 0 Å². The van der Waals surface area contributed by atoms with Crippen molar-refractivity contribution in [1.29, 1.82) is 0 Å². The molecule has 7 nitrogen and oxygen atoms in total. The molecule has 2 heterocycles. The number of hydrogen-bond acceptors (Lipinski definition) is 6. The molecule has 1 aromatic heterocycles. The number of ether oxygens (including phenoxy) is 4. The zero-order valence-corrected chi connectivity index (χ0v) is 21.5. The average Bonchev–Trinajstić information content (AvgIpc) is 2.80. The summed E-state index contributed by atoms with van der Waals surface area (Å²) in [7, 11) is 1.61. The first kappa shape index (κ1) is 26.4. The molecule has 1 aliphatic heterocycles. The van der Waals surface area contributed by atoms with Gasteiger partial charge in [0.2, 0.25) is 0 Å². The SMILES string of the molecule is CCOC(=O)c1cc2c(n(C3CC(F)(F)C3)c1=O)-c1cc(Cl)c(OCCCOC)cc1OC2C(C)C. The second-order valence-corrected chi connectivity index (χ2v) is 9.84. The standard InChI is InChI=1S/C26H30ClF2NO6/c1-5-34-25(32)18-9-17-22(30(24(18)31)15-12-26(28,29)13-15)16-10-19(27)21(35-8-6-7-33-4)11-20(16)36-23(17)14(2)3/h9-11,14-15,23H,5-8,12-13H2,1-4H3. The van der Waals surface area contributed by atoms with Crippen molar-refractivity contribution in [2.75, 3.05) is 26.9 Å². The lowest BCUT2D eigenvalue weighted by molar-refractivity contribution is -0.104. The Labute approximate surface area is 213 Å². The predicted octanol–water partition coefficient (Wildman–Crippen LogP) is 5.82. The summed E-state index contributed by atoms with van der Waals surface area (Å²) >= 11 is 6.53. The van der Waals surface area contributed by atoms with Gasteiger partial charge >= 0.3 is 5.97 Å². The van der Waals surface area contributed by atoms with Gasteiger partial charge in [-0.1, -0.05) is 25.4 Å². The van der Waals surface area contributed by atoms with Gasteiger partial charge in [0, 0.05) is 56.2 Å². The second kappa shape index (κ2) is 10.4. The molecule has 1 unspecified atom stereocenters. The van der Waals surface area contributed by atoms with Crippen LogP contribution >= 0.6 is 11.6 Å². The molecule has 36 heavy (non-hydrogen) atoms. The third-order valence-corrected chi connectivity index (χ3v) is 6.69. The van der Waals surface area contributed by atoms with E-state index < -0.39 is 42.4 Å². The maximum atomic E-state index is 13.9. The van der Waals surface area contributed by atoms with Crippen molar-refractivity contribution >= 4 is 17.6 Å². The van der Waals surface area contributed by atoms with E-state index in [1.54, 1.807) is 26.2 Å². The molecule has 1 aliphatic carbocycles. The van der Waals surface area contributed by atoms with Crippen molar-refractivity contribution in [1.82, 2.24) is 4.57 Å². The highest BCUT2D eigenvalue weighted by molar-refractivity contribution is 6.32. The van der Waals surface area contributed by atoms with Crippen LogP contribution < -0.4 is 15.0 Å². The maximum Gasteiger partial charge on any atom is 0.343 e. The van der Waals surface area contributed by atoms with Gasteiger partial charge in [-0.05, 0) is 25.0 Å². The van der Waals surface area contributed by atoms with Gasteiger partial charge in [-0.2, -0.15) is 0 Å². The van der Waals surface area contributed by atoms with Crippen LogP contribution in [0.5, 0.6) is 11.5 Å². The number of rotatable bonds is 9. The molecule has 1 fully saturated rings. The molecule has 1 aromatic carbocycles. The van der Waals surface area contributed by atoms with Gasteiger partial charge in [-0.15, -0.1) is 0 Å². The lowest BCUT2D eigenvalue weighted by atomic mass is 9.84. The van der Waals surface area contributed by atoms with E-state index in [9.17, 15) is 18.4 Å². The molecule has 1 saturated carbocycles. The molecule has 0 N–H and O–H groups in total. The minimum Gasteiger partial charge on any atom is -0.492 e. The summed E-state index contributed by atoms with van der Waals surface area (Å²) in [5.41, 5.74) is 0.604. The van der Waals surface area contributed by atoms with Crippen LogP contribution in [0.4, 0.5) is 8.78 Å². The number of esters is 1. The highest BCUT2D eigenvalue weighted by Crippen LogP contribution is 2.52. The van der Waals surface area contributed by atoms with E-state index in [0.29, 0.717) is 48.0 Å². The summed E-state index contributed by atoms with van der Waals surface area (Å²) in [6.07, 6.45) is -0.880. The Morgan fingerprint density at radius 1 is 1.25 bits per heavy atom. The van der Waals surface area contributed by atoms with Gasteiger partial charge in [-0.3, -0.25) is 4.79 Å². The van der Waals surface area contributed by atoms with Crippen molar-refractivity contribution < 1.29 is 32.5 Å². The fraction of sp³-hybridized carbons (Fsp3) is 0.538. The van der Waals surface area contributed by atoms with Crippen LogP contribution in [0.25, 0.3) is 11.3 Å². The molecule has 10 heteroatoms. The smallest absolute Gasteiger partial charge is 0.343 e. The Morgan fingerprint density at radius 3 is 2.58 bits per heavy atom. The van der Waals surface area contributed by atoms with E-state index in [-0.39, 0.29) is 23.1 Å². The first-order chi connectivity index (χ1) is 17.1. The van der Waals surface area contributed by atoms with Gasteiger partial charge in [0.1, 0.15) is 23.2 Å². The molecule has 0 amide bonds. The Morgan fingerprint density at radius 2 is 1.97 bits per heavy atom. The van der Waals surface area contributed by atoms with Crippen LogP contribution in [-0.4, -0.2) is 43.4 Å². The lowest BCUT2D eigenvalue weighted by Gasteiger charge is -2.40. The van der Waals surface area contributed by atoms with Gasteiger partial charge in [0.15, 0.2) is 0 Å². The molecule has 0 radical (unpaired) electrons. The molecule has 1 atom stereocenters. The van der Waals surface area contributed by atoms with E-state index in [1.165, 1.54) is 10.6 Å². The van der Waals surface area contributed by atoms with Crippen molar-refractivity contribution in [3.05, 3.63) is 44.7 Å². The van der Waals surface area contributed by atoms with Crippen LogP contribution in [0.1, 0.15) is 68.1 Å². The number of nitrogens with zero attached hydrogens (tertiary/aromatic N) is 1. The highest BCUT2D eigenvalue weighted by atomic mass is 35.5.